The topological polar surface area (TPSA) is 67.6 Å². The third kappa shape index (κ3) is 2.73. The number of ether oxygens (including phenoxy) is 1. The number of carboxylic acids is 1. The van der Waals surface area contributed by atoms with Gasteiger partial charge in [0.2, 0.25) is 5.88 Å². The SMILES string of the molecule is COc1c(CN(C)CC(=O)O)c(C)nn1C. The quantitative estimate of drug-likeness (QED) is 0.781. The summed E-state index contributed by atoms with van der Waals surface area (Å²) in [6.45, 7) is 2.39. The minimum Gasteiger partial charge on any atom is -0.481 e. The lowest BCUT2D eigenvalue weighted by atomic mass is 10.2. The number of hydrogen-bond donors (Lipinski definition) is 1. The first kappa shape index (κ1) is 12.5. The molecule has 0 aliphatic heterocycles. The number of aryl methyl sites for hydroxylation is 2. The number of hydrogen-bond acceptors (Lipinski definition) is 4. The maximum atomic E-state index is 10.6. The van der Waals surface area contributed by atoms with E-state index in [4.69, 9.17) is 9.84 Å². The molecule has 6 heteroatoms. The third-order valence-corrected chi connectivity index (χ3v) is 2.32. The van der Waals surface area contributed by atoms with Crippen molar-refractivity contribution >= 4 is 5.97 Å². The Labute approximate surface area is 94.4 Å². The molecular formula is C10H17N3O3. The first-order valence-electron chi connectivity index (χ1n) is 4.92. The second-order valence-electron chi connectivity index (χ2n) is 3.76. The van der Waals surface area contributed by atoms with E-state index in [1.807, 2.05) is 6.92 Å². The zero-order valence-corrected chi connectivity index (χ0v) is 10.0. The van der Waals surface area contributed by atoms with Crippen molar-refractivity contribution in [3.8, 4) is 5.88 Å². The predicted molar refractivity (Wildman–Crippen MR) is 58.5 cm³/mol. The molecule has 1 N–H and O–H groups in total. The second kappa shape index (κ2) is 4.98. The van der Waals surface area contributed by atoms with Crippen molar-refractivity contribution in [2.24, 2.45) is 7.05 Å². The molecule has 0 saturated carbocycles. The van der Waals surface area contributed by atoms with Gasteiger partial charge >= 0.3 is 5.97 Å². The first-order valence-corrected chi connectivity index (χ1v) is 4.92. The van der Waals surface area contributed by atoms with Crippen LogP contribution in [0, 0.1) is 6.92 Å². The Morgan fingerprint density at radius 3 is 2.75 bits per heavy atom. The lowest BCUT2D eigenvalue weighted by Gasteiger charge is -2.14. The van der Waals surface area contributed by atoms with E-state index in [1.54, 1.807) is 30.8 Å². The molecule has 0 aromatic carbocycles. The lowest BCUT2D eigenvalue weighted by Crippen LogP contribution is -2.25. The fourth-order valence-electron chi connectivity index (χ4n) is 1.67. The highest BCUT2D eigenvalue weighted by atomic mass is 16.5. The summed E-state index contributed by atoms with van der Waals surface area (Å²) >= 11 is 0. The molecule has 0 aliphatic rings. The Morgan fingerprint density at radius 1 is 1.62 bits per heavy atom. The van der Waals surface area contributed by atoms with Crippen LogP contribution in [0.1, 0.15) is 11.3 Å². The van der Waals surface area contributed by atoms with Crippen molar-refractivity contribution in [1.29, 1.82) is 0 Å². The Morgan fingerprint density at radius 2 is 2.25 bits per heavy atom. The van der Waals surface area contributed by atoms with Crippen molar-refractivity contribution < 1.29 is 14.6 Å². The van der Waals surface area contributed by atoms with Crippen molar-refractivity contribution in [2.75, 3.05) is 20.7 Å². The normalized spacial score (nSPS) is 10.8. The third-order valence-electron chi connectivity index (χ3n) is 2.32. The molecular weight excluding hydrogens is 210 g/mol. The van der Waals surface area contributed by atoms with E-state index in [0.29, 0.717) is 12.4 Å². The predicted octanol–water partition coefficient (Wildman–Crippen LogP) is 0.254. The van der Waals surface area contributed by atoms with Crippen LogP contribution in [0.5, 0.6) is 5.88 Å². The number of carboxylic acid groups (broad SMARTS) is 1. The zero-order valence-electron chi connectivity index (χ0n) is 10.0. The number of methoxy groups -OCH3 is 1. The number of aromatic nitrogens is 2. The average Bonchev–Trinajstić information content (AvgIpc) is 2.40. The van der Waals surface area contributed by atoms with E-state index in [0.717, 1.165) is 11.3 Å². The highest BCUT2D eigenvalue weighted by Gasteiger charge is 2.16. The largest absolute Gasteiger partial charge is 0.481 e. The average molecular weight is 227 g/mol. The van der Waals surface area contributed by atoms with Gasteiger partial charge in [0, 0.05) is 13.6 Å². The summed E-state index contributed by atoms with van der Waals surface area (Å²) in [5, 5.41) is 12.9. The smallest absolute Gasteiger partial charge is 0.317 e. The summed E-state index contributed by atoms with van der Waals surface area (Å²) in [4.78, 5) is 12.3. The maximum absolute atomic E-state index is 10.6. The van der Waals surface area contributed by atoms with Crippen LogP contribution < -0.4 is 4.74 Å². The molecule has 0 radical (unpaired) electrons. The van der Waals surface area contributed by atoms with Crippen LogP contribution in [0.3, 0.4) is 0 Å². The van der Waals surface area contributed by atoms with Crippen LogP contribution >= 0.6 is 0 Å². The minimum atomic E-state index is -0.844. The van der Waals surface area contributed by atoms with Gasteiger partial charge in [0.05, 0.1) is 24.9 Å². The van der Waals surface area contributed by atoms with E-state index in [1.165, 1.54) is 0 Å². The van der Waals surface area contributed by atoms with Gasteiger partial charge in [-0.1, -0.05) is 0 Å². The van der Waals surface area contributed by atoms with Gasteiger partial charge in [0.1, 0.15) is 0 Å². The molecule has 0 atom stereocenters. The van der Waals surface area contributed by atoms with Crippen molar-refractivity contribution in [3.63, 3.8) is 0 Å². The fourth-order valence-corrected chi connectivity index (χ4v) is 1.67. The monoisotopic (exact) mass is 227 g/mol. The molecule has 0 spiro atoms. The molecule has 0 aliphatic carbocycles. The summed E-state index contributed by atoms with van der Waals surface area (Å²) in [6.07, 6.45) is 0. The van der Waals surface area contributed by atoms with E-state index >= 15 is 0 Å². The highest BCUT2D eigenvalue weighted by molar-refractivity contribution is 5.69. The van der Waals surface area contributed by atoms with Gasteiger partial charge < -0.3 is 9.84 Å². The molecule has 90 valence electrons. The van der Waals surface area contributed by atoms with E-state index in [2.05, 4.69) is 5.10 Å². The molecule has 0 bridgehead atoms. The van der Waals surface area contributed by atoms with Crippen molar-refractivity contribution in [2.45, 2.75) is 13.5 Å². The molecule has 1 aromatic heterocycles. The van der Waals surface area contributed by atoms with Gasteiger partial charge in [0.15, 0.2) is 0 Å². The number of rotatable bonds is 5. The standard InChI is InChI=1S/C10H17N3O3/c1-7-8(5-12(2)6-9(14)15)10(16-4)13(3)11-7/h5-6H2,1-4H3,(H,14,15). The molecule has 16 heavy (non-hydrogen) atoms. The van der Waals surface area contributed by atoms with E-state index in [-0.39, 0.29) is 6.54 Å². The van der Waals surface area contributed by atoms with Crippen LogP contribution in [-0.2, 0) is 18.4 Å². The number of likely N-dealkylation sites (N-methyl/N-ethyl adjacent to an activating group) is 1. The summed E-state index contributed by atoms with van der Waals surface area (Å²) in [5.74, 6) is -0.169. The van der Waals surface area contributed by atoms with Gasteiger partial charge in [-0.2, -0.15) is 5.10 Å². The number of aliphatic carboxylic acids is 1. The summed E-state index contributed by atoms with van der Waals surface area (Å²) in [7, 11) is 5.13. The zero-order chi connectivity index (χ0) is 12.3. The van der Waals surface area contributed by atoms with Crippen LogP contribution in [0.2, 0.25) is 0 Å². The molecule has 0 amide bonds. The molecule has 0 unspecified atom stereocenters. The van der Waals surface area contributed by atoms with Crippen LogP contribution in [-0.4, -0.2) is 46.5 Å². The lowest BCUT2D eigenvalue weighted by molar-refractivity contribution is -0.138. The van der Waals surface area contributed by atoms with Crippen molar-refractivity contribution in [3.05, 3.63) is 11.3 Å². The minimum absolute atomic E-state index is 0.00249. The van der Waals surface area contributed by atoms with Gasteiger partial charge in [-0.15, -0.1) is 0 Å². The Hall–Kier alpha value is -1.56. The number of carbonyl (C=O) groups is 1. The summed E-state index contributed by atoms with van der Waals surface area (Å²) in [5.41, 5.74) is 1.78. The Bertz CT molecular complexity index is 387. The van der Waals surface area contributed by atoms with E-state index in [9.17, 15) is 4.79 Å². The molecule has 1 heterocycles. The molecule has 0 fully saturated rings. The summed E-state index contributed by atoms with van der Waals surface area (Å²) in [6, 6.07) is 0. The molecule has 0 saturated heterocycles. The molecule has 1 aromatic rings. The van der Waals surface area contributed by atoms with Gasteiger partial charge in [-0.3, -0.25) is 9.69 Å². The second-order valence-corrected chi connectivity index (χ2v) is 3.76. The van der Waals surface area contributed by atoms with Gasteiger partial charge in [-0.25, -0.2) is 4.68 Å². The number of nitrogens with zero attached hydrogens (tertiary/aromatic N) is 3. The van der Waals surface area contributed by atoms with Crippen molar-refractivity contribution in [1.82, 2.24) is 14.7 Å². The highest BCUT2D eigenvalue weighted by Crippen LogP contribution is 2.21. The molecule has 1 rings (SSSR count). The first-order chi connectivity index (χ1) is 7.45. The van der Waals surface area contributed by atoms with Crippen LogP contribution in [0.25, 0.3) is 0 Å². The van der Waals surface area contributed by atoms with Gasteiger partial charge in [0.25, 0.3) is 0 Å². The summed E-state index contributed by atoms with van der Waals surface area (Å²) < 4.78 is 6.88. The molecule has 6 nitrogen and oxygen atoms in total. The van der Waals surface area contributed by atoms with Gasteiger partial charge in [-0.05, 0) is 14.0 Å². The Kier molecular flexibility index (Phi) is 3.89. The van der Waals surface area contributed by atoms with Crippen LogP contribution in [0.15, 0.2) is 0 Å². The maximum Gasteiger partial charge on any atom is 0.317 e. The fraction of sp³-hybridized carbons (Fsp3) is 0.600. The van der Waals surface area contributed by atoms with E-state index < -0.39 is 5.97 Å². The van der Waals surface area contributed by atoms with Crippen LogP contribution in [0.4, 0.5) is 0 Å². The Balaban J connectivity index is 2.83.